The summed E-state index contributed by atoms with van der Waals surface area (Å²) in [6, 6.07) is 0. The Morgan fingerprint density at radius 2 is 1.63 bits per heavy atom. The molecule has 0 aliphatic heterocycles. The minimum absolute atomic E-state index is 0.0202. The maximum absolute atomic E-state index is 12.6. The molecular weight excluding hydrogens is 242 g/mol. The summed E-state index contributed by atoms with van der Waals surface area (Å²) in [5.74, 6) is -0.874. The van der Waals surface area contributed by atoms with Crippen LogP contribution >= 0.6 is 0 Å². The normalized spacial score (nSPS) is 19.2. The van der Waals surface area contributed by atoms with Crippen molar-refractivity contribution in [2.45, 2.75) is 72.3 Å². The minimum atomic E-state index is -1.00. The van der Waals surface area contributed by atoms with Crippen LogP contribution in [0.2, 0.25) is 0 Å². The molecule has 0 aromatic rings. The van der Waals surface area contributed by atoms with Crippen LogP contribution in [0, 0.1) is 10.8 Å². The fourth-order valence-electron chi connectivity index (χ4n) is 2.63. The van der Waals surface area contributed by atoms with Crippen molar-refractivity contribution in [2.24, 2.45) is 10.8 Å². The highest BCUT2D eigenvalue weighted by Gasteiger charge is 2.48. The lowest BCUT2D eigenvalue weighted by Crippen LogP contribution is -2.59. The number of hydrogen-bond donors (Lipinski definition) is 2. The smallest absolute Gasteiger partial charge is 0.311 e. The predicted octanol–water partition coefficient (Wildman–Crippen LogP) is 2.96. The molecule has 1 aliphatic rings. The summed E-state index contributed by atoms with van der Waals surface area (Å²) >= 11 is 0. The van der Waals surface area contributed by atoms with Crippen LogP contribution in [0.15, 0.2) is 0 Å². The number of carboxylic acids is 1. The summed E-state index contributed by atoms with van der Waals surface area (Å²) in [5, 5.41) is 12.3. The second kappa shape index (κ2) is 5.14. The molecular formula is C15H27NO3. The molecule has 0 atom stereocenters. The zero-order valence-corrected chi connectivity index (χ0v) is 12.8. The second-order valence-corrected chi connectivity index (χ2v) is 6.85. The highest BCUT2D eigenvalue weighted by Crippen LogP contribution is 2.42. The molecule has 0 unspecified atom stereocenters. The standard InChI is InChI=1S/C15H27NO3/c1-6-15(9-7-8-10-15)11(17)16-14(4,5)13(2,3)12(18)19/h6-10H2,1-5H3,(H,16,17)(H,18,19). The van der Waals surface area contributed by atoms with Gasteiger partial charge in [0.25, 0.3) is 0 Å². The van der Waals surface area contributed by atoms with E-state index in [0.29, 0.717) is 0 Å². The Hall–Kier alpha value is -1.06. The van der Waals surface area contributed by atoms with Gasteiger partial charge in [0, 0.05) is 11.0 Å². The third kappa shape index (κ3) is 2.77. The summed E-state index contributed by atoms with van der Waals surface area (Å²) in [4.78, 5) is 23.9. The van der Waals surface area contributed by atoms with Crippen molar-refractivity contribution in [3.05, 3.63) is 0 Å². The number of carboxylic acid groups (broad SMARTS) is 1. The summed E-state index contributed by atoms with van der Waals surface area (Å²) < 4.78 is 0. The van der Waals surface area contributed by atoms with Crippen molar-refractivity contribution in [3.63, 3.8) is 0 Å². The molecule has 4 heteroatoms. The first-order chi connectivity index (χ1) is 8.59. The van der Waals surface area contributed by atoms with Crippen LogP contribution in [0.25, 0.3) is 0 Å². The van der Waals surface area contributed by atoms with E-state index in [2.05, 4.69) is 5.32 Å². The highest BCUT2D eigenvalue weighted by atomic mass is 16.4. The van der Waals surface area contributed by atoms with Crippen LogP contribution in [0.4, 0.5) is 0 Å². The van der Waals surface area contributed by atoms with Gasteiger partial charge in [-0.3, -0.25) is 9.59 Å². The molecule has 1 rings (SSSR count). The SMILES string of the molecule is CCC1(C(=O)NC(C)(C)C(C)(C)C(=O)O)CCCC1. The van der Waals surface area contributed by atoms with Gasteiger partial charge in [0.05, 0.1) is 5.41 Å². The number of carbonyl (C=O) groups is 2. The maximum Gasteiger partial charge on any atom is 0.311 e. The summed E-state index contributed by atoms with van der Waals surface area (Å²) in [5.41, 5.74) is -2.07. The fraction of sp³-hybridized carbons (Fsp3) is 0.867. The van der Waals surface area contributed by atoms with Crippen molar-refractivity contribution >= 4 is 11.9 Å². The Morgan fingerprint density at radius 1 is 1.16 bits per heavy atom. The van der Waals surface area contributed by atoms with E-state index in [1.165, 1.54) is 0 Å². The van der Waals surface area contributed by atoms with Crippen molar-refractivity contribution in [1.29, 1.82) is 0 Å². The van der Waals surface area contributed by atoms with Crippen LogP contribution in [0.5, 0.6) is 0 Å². The molecule has 1 fully saturated rings. The molecule has 2 N–H and O–H groups in total. The first kappa shape index (κ1) is 16.0. The number of hydrogen-bond acceptors (Lipinski definition) is 2. The van der Waals surface area contributed by atoms with E-state index < -0.39 is 16.9 Å². The number of nitrogens with one attached hydrogen (secondary N) is 1. The van der Waals surface area contributed by atoms with E-state index in [1.807, 2.05) is 6.92 Å². The molecule has 0 aromatic carbocycles. The first-order valence-corrected chi connectivity index (χ1v) is 7.15. The maximum atomic E-state index is 12.6. The van der Waals surface area contributed by atoms with Crippen molar-refractivity contribution in [1.82, 2.24) is 5.32 Å². The molecule has 0 heterocycles. The average molecular weight is 269 g/mol. The van der Waals surface area contributed by atoms with Gasteiger partial charge in [-0.1, -0.05) is 19.8 Å². The van der Waals surface area contributed by atoms with Crippen molar-refractivity contribution in [2.75, 3.05) is 0 Å². The van der Waals surface area contributed by atoms with Gasteiger partial charge >= 0.3 is 5.97 Å². The summed E-state index contributed by atoms with van der Waals surface area (Å²) in [7, 11) is 0. The lowest BCUT2D eigenvalue weighted by atomic mass is 9.73. The van der Waals surface area contributed by atoms with Crippen LogP contribution < -0.4 is 5.32 Å². The molecule has 4 nitrogen and oxygen atoms in total. The van der Waals surface area contributed by atoms with Gasteiger partial charge in [-0.2, -0.15) is 0 Å². The lowest BCUT2D eigenvalue weighted by Gasteiger charge is -2.41. The number of rotatable bonds is 5. The van der Waals surface area contributed by atoms with Crippen molar-refractivity contribution in [3.8, 4) is 0 Å². The third-order valence-electron chi connectivity index (χ3n) is 5.24. The molecule has 0 bridgehead atoms. The fourth-order valence-corrected chi connectivity index (χ4v) is 2.63. The van der Waals surface area contributed by atoms with E-state index in [9.17, 15) is 14.7 Å². The van der Waals surface area contributed by atoms with Gasteiger partial charge in [-0.15, -0.1) is 0 Å². The Bertz CT molecular complexity index is 366. The van der Waals surface area contributed by atoms with Crippen molar-refractivity contribution < 1.29 is 14.7 Å². The Labute approximate surface area is 116 Å². The van der Waals surface area contributed by atoms with Crippen LogP contribution in [-0.2, 0) is 9.59 Å². The first-order valence-electron chi connectivity index (χ1n) is 7.15. The average Bonchev–Trinajstić information content (AvgIpc) is 2.77. The second-order valence-electron chi connectivity index (χ2n) is 6.85. The van der Waals surface area contributed by atoms with Gasteiger partial charge in [-0.05, 0) is 47.0 Å². The van der Waals surface area contributed by atoms with Crippen LogP contribution in [0.1, 0.15) is 66.7 Å². The molecule has 1 aliphatic carbocycles. The molecule has 1 amide bonds. The topological polar surface area (TPSA) is 66.4 Å². The van der Waals surface area contributed by atoms with E-state index in [-0.39, 0.29) is 11.3 Å². The zero-order valence-electron chi connectivity index (χ0n) is 12.8. The number of amides is 1. The summed E-state index contributed by atoms with van der Waals surface area (Å²) in [6.07, 6.45) is 4.83. The van der Waals surface area contributed by atoms with E-state index in [1.54, 1.807) is 27.7 Å². The van der Waals surface area contributed by atoms with E-state index in [4.69, 9.17) is 0 Å². The highest BCUT2D eigenvalue weighted by molar-refractivity contribution is 5.85. The van der Waals surface area contributed by atoms with Gasteiger partial charge in [0.15, 0.2) is 0 Å². The molecule has 1 saturated carbocycles. The number of carbonyl (C=O) groups excluding carboxylic acids is 1. The van der Waals surface area contributed by atoms with Gasteiger partial charge < -0.3 is 10.4 Å². The molecule has 110 valence electrons. The van der Waals surface area contributed by atoms with E-state index >= 15 is 0 Å². The minimum Gasteiger partial charge on any atom is -0.481 e. The lowest BCUT2D eigenvalue weighted by molar-refractivity contribution is -0.152. The van der Waals surface area contributed by atoms with E-state index in [0.717, 1.165) is 32.1 Å². The van der Waals surface area contributed by atoms with Gasteiger partial charge in [-0.25, -0.2) is 0 Å². The Kier molecular flexibility index (Phi) is 4.33. The van der Waals surface area contributed by atoms with Gasteiger partial charge in [0.2, 0.25) is 5.91 Å². The largest absolute Gasteiger partial charge is 0.481 e. The molecule has 0 saturated heterocycles. The monoisotopic (exact) mass is 269 g/mol. The zero-order chi connectivity index (χ0) is 14.9. The summed E-state index contributed by atoms with van der Waals surface area (Å²) in [6.45, 7) is 8.93. The third-order valence-corrected chi connectivity index (χ3v) is 5.24. The Balaban J connectivity index is 2.89. The Morgan fingerprint density at radius 3 is 2.00 bits per heavy atom. The van der Waals surface area contributed by atoms with Gasteiger partial charge in [0.1, 0.15) is 0 Å². The molecule has 0 radical (unpaired) electrons. The molecule has 19 heavy (non-hydrogen) atoms. The quantitative estimate of drug-likeness (QED) is 0.806. The molecule has 0 spiro atoms. The molecule has 0 aromatic heterocycles. The van der Waals surface area contributed by atoms with Crippen LogP contribution in [0.3, 0.4) is 0 Å². The predicted molar refractivity (Wildman–Crippen MR) is 74.8 cm³/mol. The van der Waals surface area contributed by atoms with Crippen LogP contribution in [-0.4, -0.2) is 22.5 Å². The number of aliphatic carboxylic acids is 1.